The number of benzene rings is 3. The smallest absolute Gasteiger partial charge is 0.158 e. The summed E-state index contributed by atoms with van der Waals surface area (Å²) < 4.78 is 6.94. The fraction of sp³-hybridized carbons (Fsp3) is 0.590. The van der Waals surface area contributed by atoms with Crippen molar-refractivity contribution in [2.75, 3.05) is 66.3 Å². The van der Waals surface area contributed by atoms with Crippen LogP contribution in [0.4, 0.5) is 5.69 Å². The van der Waals surface area contributed by atoms with Crippen LogP contribution in [0.15, 0.2) is 9.41 Å². The van der Waals surface area contributed by atoms with E-state index < -0.39 is 0 Å². The van der Waals surface area contributed by atoms with Crippen LogP contribution in [0, 0.1) is 60.8 Å². The van der Waals surface area contributed by atoms with Crippen LogP contribution in [0.1, 0.15) is 77.6 Å². The fourth-order valence-corrected chi connectivity index (χ4v) is 7.01. The van der Waals surface area contributed by atoms with Gasteiger partial charge in [0.05, 0.1) is 5.36 Å². The summed E-state index contributed by atoms with van der Waals surface area (Å²) in [4.78, 5) is 17.7. The second-order valence-corrected chi connectivity index (χ2v) is 14.9. The third kappa shape index (κ3) is 6.78. The molecule has 0 unspecified atom stereocenters. The second-order valence-electron chi connectivity index (χ2n) is 14.9. The summed E-state index contributed by atoms with van der Waals surface area (Å²) in [5.74, 6) is 0.858. The Kier molecular flexibility index (Phi) is 10.4. The Morgan fingerprint density at radius 1 is 0.667 bits per heavy atom. The molecule has 0 N–H and O–H groups in total. The predicted molar refractivity (Wildman–Crippen MR) is 194 cm³/mol. The number of hydrogen-bond acceptors (Lipinski definition) is 6. The van der Waals surface area contributed by atoms with E-state index in [1.165, 1.54) is 56.3 Å². The summed E-state index contributed by atoms with van der Waals surface area (Å²) >= 11 is 0. The van der Waals surface area contributed by atoms with E-state index in [4.69, 9.17) is 14.4 Å². The number of rotatable bonds is 11. The molecule has 0 spiro atoms. The van der Waals surface area contributed by atoms with Crippen LogP contribution in [0.2, 0.25) is 0 Å². The van der Waals surface area contributed by atoms with Crippen molar-refractivity contribution in [3.63, 3.8) is 0 Å². The largest absolute Gasteiger partial charge is 0.452 e. The molecule has 1 aliphatic heterocycles. The van der Waals surface area contributed by atoms with E-state index in [9.17, 15) is 0 Å². The van der Waals surface area contributed by atoms with E-state index in [-0.39, 0.29) is 5.41 Å². The molecule has 45 heavy (non-hydrogen) atoms. The monoisotopic (exact) mass is 613 g/mol. The van der Waals surface area contributed by atoms with Gasteiger partial charge in [-0.1, -0.05) is 13.8 Å². The maximum Gasteiger partial charge on any atom is 0.158 e. The van der Waals surface area contributed by atoms with E-state index in [1.807, 2.05) is 0 Å². The molecule has 0 saturated carbocycles. The van der Waals surface area contributed by atoms with Crippen molar-refractivity contribution in [2.45, 2.75) is 88.5 Å². The first-order valence-electron chi connectivity index (χ1n) is 16.8. The molecule has 246 valence electrons. The first-order valence-corrected chi connectivity index (χ1v) is 16.8. The zero-order valence-electron chi connectivity index (χ0n) is 31.1. The number of anilines is 1. The van der Waals surface area contributed by atoms with Gasteiger partial charge in [-0.15, -0.1) is 0 Å². The third-order valence-corrected chi connectivity index (χ3v) is 10.5. The van der Waals surface area contributed by atoms with Gasteiger partial charge < -0.3 is 19.1 Å². The molecule has 4 rings (SSSR count). The van der Waals surface area contributed by atoms with Crippen molar-refractivity contribution in [3.8, 4) is 11.5 Å². The Bertz CT molecular complexity index is 1760. The molecule has 6 heteroatoms. The molecule has 0 amide bonds. The summed E-state index contributed by atoms with van der Waals surface area (Å²) in [6.45, 7) is 26.6. The SMILES string of the molecule is Cc1c(N(C)C)c(C)c2oc3c(C)c(=NCCCC(C)(C)CCN(C)CCN(C)C)c4c(C)c(C)c(C)c(C)c4c-3nc2c1C. The van der Waals surface area contributed by atoms with Crippen LogP contribution >= 0.6 is 0 Å². The third-order valence-electron chi connectivity index (χ3n) is 10.5. The molecular weight excluding hydrogens is 554 g/mol. The van der Waals surface area contributed by atoms with E-state index in [1.54, 1.807) is 0 Å². The molecule has 0 bridgehead atoms. The van der Waals surface area contributed by atoms with Gasteiger partial charge in [-0.25, -0.2) is 4.98 Å². The van der Waals surface area contributed by atoms with Crippen LogP contribution in [0.5, 0.6) is 0 Å². The van der Waals surface area contributed by atoms with E-state index in [0.29, 0.717) is 0 Å². The minimum Gasteiger partial charge on any atom is -0.452 e. The van der Waals surface area contributed by atoms with Gasteiger partial charge >= 0.3 is 0 Å². The van der Waals surface area contributed by atoms with Crippen LogP contribution in [-0.2, 0) is 0 Å². The highest BCUT2D eigenvalue weighted by atomic mass is 16.3. The van der Waals surface area contributed by atoms with Crippen molar-refractivity contribution in [3.05, 3.63) is 49.9 Å². The minimum atomic E-state index is 0.276. The molecule has 2 aromatic carbocycles. The molecule has 0 saturated heterocycles. The Hall–Kier alpha value is -2.96. The normalized spacial score (nSPS) is 13.0. The Labute approximate surface area is 272 Å². The quantitative estimate of drug-likeness (QED) is 0.0969. The van der Waals surface area contributed by atoms with Crippen LogP contribution in [-0.4, -0.2) is 76.2 Å². The lowest BCUT2D eigenvalue weighted by atomic mass is 9.84. The number of aryl methyl sites for hydroxylation is 4. The standard InChI is InChI=1S/C39H59N5O/c1-23-24(2)26(4)32-31(25(23)3)33(40-19-16-17-39(9,10)18-20-44(15)22-21-42(11)12)29(7)37-35(32)41-34-27(5)28(6)36(43(13)14)30(8)38(34)45-37/h16-22H2,1-15H3. The lowest BCUT2D eigenvalue weighted by Crippen LogP contribution is -2.31. The average Bonchev–Trinajstić information content (AvgIpc) is 2.97. The topological polar surface area (TPSA) is 48.1 Å². The number of nitrogens with zero attached hydrogens (tertiary/aromatic N) is 5. The maximum absolute atomic E-state index is 6.94. The molecule has 0 atom stereocenters. The van der Waals surface area contributed by atoms with Crippen LogP contribution in [0.25, 0.3) is 33.3 Å². The zero-order valence-corrected chi connectivity index (χ0v) is 31.1. The van der Waals surface area contributed by atoms with Gasteiger partial charge in [-0.3, -0.25) is 4.99 Å². The van der Waals surface area contributed by atoms with Crippen LogP contribution < -0.4 is 10.3 Å². The van der Waals surface area contributed by atoms with Crippen molar-refractivity contribution in [1.29, 1.82) is 0 Å². The number of likely N-dealkylation sites (N-methyl/N-ethyl adjacent to an activating group) is 2. The maximum atomic E-state index is 6.94. The molecule has 2 aliphatic rings. The number of hydrogen-bond donors (Lipinski definition) is 0. The molecule has 1 heterocycles. The summed E-state index contributed by atoms with van der Waals surface area (Å²) in [6, 6.07) is 0. The van der Waals surface area contributed by atoms with Gasteiger partial charge in [0.25, 0.3) is 0 Å². The Morgan fingerprint density at radius 2 is 1.29 bits per heavy atom. The summed E-state index contributed by atoms with van der Waals surface area (Å²) in [5, 5.41) is 3.50. The highest BCUT2D eigenvalue weighted by molar-refractivity contribution is 6.03. The van der Waals surface area contributed by atoms with E-state index in [2.05, 4.69) is 119 Å². The van der Waals surface area contributed by atoms with Crippen molar-refractivity contribution >= 4 is 27.6 Å². The molecule has 0 fully saturated rings. The molecule has 0 aromatic heterocycles. The summed E-state index contributed by atoms with van der Waals surface area (Å²) in [5.41, 5.74) is 14.1. The molecule has 0 radical (unpaired) electrons. The Balaban J connectivity index is 1.83. The molecule has 1 aliphatic carbocycles. The van der Waals surface area contributed by atoms with Gasteiger partial charge in [0.2, 0.25) is 0 Å². The molecule has 2 aromatic rings. The summed E-state index contributed by atoms with van der Waals surface area (Å²) in [6.07, 6.45) is 3.41. The lowest BCUT2D eigenvalue weighted by molar-refractivity contribution is 0.220. The molecule has 6 nitrogen and oxygen atoms in total. The first kappa shape index (κ1) is 34.9. The van der Waals surface area contributed by atoms with Crippen LogP contribution in [0.3, 0.4) is 0 Å². The number of aromatic nitrogens is 1. The van der Waals surface area contributed by atoms with Gasteiger partial charge in [0.15, 0.2) is 11.3 Å². The van der Waals surface area contributed by atoms with Crippen molar-refractivity contribution in [1.82, 2.24) is 14.8 Å². The molecular formula is C39H59N5O. The van der Waals surface area contributed by atoms with Gasteiger partial charge in [-0.05, 0) is 141 Å². The fourth-order valence-electron chi connectivity index (χ4n) is 7.01. The van der Waals surface area contributed by atoms with E-state index in [0.717, 1.165) is 78.1 Å². The first-order chi connectivity index (χ1) is 21.0. The van der Waals surface area contributed by atoms with Gasteiger partial charge in [-0.2, -0.15) is 0 Å². The summed E-state index contributed by atoms with van der Waals surface area (Å²) in [7, 11) is 10.7. The van der Waals surface area contributed by atoms with Gasteiger partial charge in [0, 0.05) is 61.3 Å². The Morgan fingerprint density at radius 3 is 1.89 bits per heavy atom. The highest BCUT2D eigenvalue weighted by Gasteiger charge is 2.26. The van der Waals surface area contributed by atoms with Crippen molar-refractivity contribution in [2.24, 2.45) is 10.4 Å². The van der Waals surface area contributed by atoms with E-state index >= 15 is 0 Å². The predicted octanol–water partition coefficient (Wildman–Crippen LogP) is 8.21. The zero-order chi connectivity index (χ0) is 33.5. The van der Waals surface area contributed by atoms with Gasteiger partial charge in [0.1, 0.15) is 11.2 Å². The van der Waals surface area contributed by atoms with Crippen molar-refractivity contribution < 1.29 is 4.42 Å². The average molecular weight is 614 g/mol. The second kappa shape index (κ2) is 13.4. The minimum absolute atomic E-state index is 0.276. The lowest BCUT2D eigenvalue weighted by Gasteiger charge is -2.28. The number of fused-ring (bicyclic) bond motifs is 4. The highest BCUT2D eigenvalue weighted by Crippen LogP contribution is 2.41.